The van der Waals surface area contributed by atoms with Crippen LogP contribution in [0.15, 0.2) is 29.2 Å². The number of nitrogens with zero attached hydrogens (tertiary/aromatic N) is 1. The van der Waals surface area contributed by atoms with Crippen molar-refractivity contribution in [2.45, 2.75) is 75.1 Å². The third kappa shape index (κ3) is 4.95. The van der Waals surface area contributed by atoms with Crippen LogP contribution in [0.4, 0.5) is 0 Å². The Morgan fingerprint density at radius 2 is 1.54 bits per heavy atom. The Morgan fingerprint density at radius 3 is 2.07 bits per heavy atom. The standard InChI is InChI=1S/C22H32N2O3S/c25-21(23-22(18-8-9-18)19-10-11-19)14-7-17-5-12-20(13-6-17)28(26,27)24-15-3-1-2-4-16-24/h5-6,12-13,18-19,22H,1-4,7-11,14-16H2,(H,23,25). The Balaban J connectivity index is 1.30. The number of aryl methyl sites for hydroxylation is 1. The number of sulfonamides is 1. The lowest BCUT2D eigenvalue weighted by Crippen LogP contribution is -2.38. The molecule has 2 saturated carbocycles. The molecule has 28 heavy (non-hydrogen) atoms. The van der Waals surface area contributed by atoms with Crippen molar-refractivity contribution in [1.29, 1.82) is 0 Å². The van der Waals surface area contributed by atoms with Crippen molar-refractivity contribution in [3.8, 4) is 0 Å². The van der Waals surface area contributed by atoms with Crippen LogP contribution in [-0.2, 0) is 21.2 Å². The number of amides is 1. The second kappa shape index (κ2) is 8.54. The molecular weight excluding hydrogens is 372 g/mol. The Bertz CT molecular complexity index is 763. The first-order valence-electron chi connectivity index (χ1n) is 10.9. The molecule has 3 aliphatic rings. The summed E-state index contributed by atoms with van der Waals surface area (Å²) in [5.41, 5.74) is 1.01. The number of hydrogen-bond acceptors (Lipinski definition) is 3. The minimum absolute atomic E-state index is 0.130. The number of nitrogens with one attached hydrogen (secondary N) is 1. The van der Waals surface area contributed by atoms with Crippen LogP contribution in [0.3, 0.4) is 0 Å². The van der Waals surface area contributed by atoms with Gasteiger partial charge in [-0.1, -0.05) is 25.0 Å². The normalized spacial score (nSPS) is 21.5. The van der Waals surface area contributed by atoms with Crippen LogP contribution in [0.2, 0.25) is 0 Å². The zero-order chi connectivity index (χ0) is 19.6. The van der Waals surface area contributed by atoms with Gasteiger partial charge in [0.15, 0.2) is 0 Å². The molecule has 1 aromatic rings. The van der Waals surface area contributed by atoms with E-state index in [-0.39, 0.29) is 5.91 Å². The van der Waals surface area contributed by atoms with Gasteiger partial charge in [-0.05, 0) is 74.5 Å². The summed E-state index contributed by atoms with van der Waals surface area (Å²) in [5, 5.41) is 3.25. The fraction of sp³-hybridized carbons (Fsp3) is 0.682. The predicted molar refractivity (Wildman–Crippen MR) is 109 cm³/mol. The molecule has 4 rings (SSSR count). The summed E-state index contributed by atoms with van der Waals surface area (Å²) in [7, 11) is -3.40. The van der Waals surface area contributed by atoms with Gasteiger partial charge >= 0.3 is 0 Å². The number of benzene rings is 1. The lowest BCUT2D eigenvalue weighted by atomic mass is 10.1. The molecule has 1 amide bonds. The summed E-state index contributed by atoms with van der Waals surface area (Å²) in [4.78, 5) is 12.7. The number of rotatable bonds is 8. The van der Waals surface area contributed by atoms with E-state index in [1.807, 2.05) is 12.1 Å². The van der Waals surface area contributed by atoms with Crippen molar-refractivity contribution in [3.63, 3.8) is 0 Å². The highest BCUT2D eigenvalue weighted by Gasteiger charge is 2.42. The van der Waals surface area contributed by atoms with Crippen molar-refractivity contribution < 1.29 is 13.2 Å². The van der Waals surface area contributed by atoms with Gasteiger partial charge in [0, 0.05) is 25.6 Å². The van der Waals surface area contributed by atoms with Crippen LogP contribution in [0, 0.1) is 11.8 Å². The molecule has 1 saturated heterocycles. The maximum Gasteiger partial charge on any atom is 0.243 e. The molecular formula is C22H32N2O3S. The minimum Gasteiger partial charge on any atom is -0.353 e. The van der Waals surface area contributed by atoms with Crippen LogP contribution in [0.1, 0.15) is 63.4 Å². The van der Waals surface area contributed by atoms with Crippen molar-refractivity contribution in [2.24, 2.45) is 11.8 Å². The highest BCUT2D eigenvalue weighted by atomic mass is 32.2. The molecule has 0 bridgehead atoms. The Kier molecular flexibility index (Phi) is 6.07. The molecule has 154 valence electrons. The molecule has 0 unspecified atom stereocenters. The van der Waals surface area contributed by atoms with Crippen molar-refractivity contribution in [2.75, 3.05) is 13.1 Å². The number of carbonyl (C=O) groups excluding carboxylic acids is 1. The van der Waals surface area contributed by atoms with Crippen LogP contribution in [0.5, 0.6) is 0 Å². The van der Waals surface area contributed by atoms with Crippen molar-refractivity contribution >= 4 is 15.9 Å². The largest absolute Gasteiger partial charge is 0.353 e. The van der Waals surface area contributed by atoms with Gasteiger partial charge in [0.2, 0.25) is 15.9 Å². The second-order valence-electron chi connectivity index (χ2n) is 8.73. The summed E-state index contributed by atoms with van der Waals surface area (Å²) in [6, 6.07) is 7.51. The van der Waals surface area contributed by atoms with E-state index in [1.165, 1.54) is 25.7 Å². The van der Waals surface area contributed by atoms with E-state index in [0.29, 0.717) is 48.7 Å². The molecule has 3 fully saturated rings. The third-order valence-electron chi connectivity index (χ3n) is 6.35. The van der Waals surface area contributed by atoms with E-state index in [4.69, 9.17) is 0 Å². The molecule has 2 aliphatic carbocycles. The number of hydrogen-bond donors (Lipinski definition) is 1. The average Bonchev–Trinajstić information content (AvgIpc) is 3.59. The molecule has 1 aromatic carbocycles. The Labute approximate surface area is 168 Å². The van der Waals surface area contributed by atoms with Gasteiger partial charge in [0.05, 0.1) is 4.90 Å². The summed E-state index contributed by atoms with van der Waals surface area (Å²) >= 11 is 0. The fourth-order valence-corrected chi connectivity index (χ4v) is 5.82. The highest BCUT2D eigenvalue weighted by molar-refractivity contribution is 7.89. The molecule has 0 aromatic heterocycles. The maximum atomic E-state index is 12.8. The SMILES string of the molecule is O=C(CCc1ccc(S(=O)(=O)N2CCCCCC2)cc1)NC(C1CC1)C1CC1. The molecule has 0 radical (unpaired) electrons. The predicted octanol–water partition coefficient (Wildman–Crippen LogP) is 3.49. The highest BCUT2D eigenvalue weighted by Crippen LogP contribution is 2.44. The van der Waals surface area contributed by atoms with Gasteiger partial charge in [0.1, 0.15) is 0 Å². The summed E-state index contributed by atoms with van der Waals surface area (Å²) < 4.78 is 27.3. The van der Waals surface area contributed by atoms with E-state index in [2.05, 4.69) is 5.32 Å². The summed E-state index contributed by atoms with van der Waals surface area (Å²) in [6.07, 6.45) is 10.2. The second-order valence-corrected chi connectivity index (χ2v) is 10.7. The minimum atomic E-state index is -3.40. The molecule has 0 spiro atoms. The third-order valence-corrected chi connectivity index (χ3v) is 8.27. The first-order chi connectivity index (χ1) is 13.5. The Morgan fingerprint density at radius 1 is 0.964 bits per heavy atom. The van der Waals surface area contributed by atoms with Crippen molar-refractivity contribution in [3.05, 3.63) is 29.8 Å². The van der Waals surface area contributed by atoms with Gasteiger partial charge < -0.3 is 5.32 Å². The summed E-state index contributed by atoms with van der Waals surface area (Å²) in [6.45, 7) is 1.24. The van der Waals surface area contributed by atoms with Crippen LogP contribution in [0.25, 0.3) is 0 Å². The van der Waals surface area contributed by atoms with Crippen molar-refractivity contribution in [1.82, 2.24) is 9.62 Å². The molecule has 5 nitrogen and oxygen atoms in total. The first-order valence-corrected chi connectivity index (χ1v) is 12.4. The van der Waals surface area contributed by atoms with E-state index in [9.17, 15) is 13.2 Å². The molecule has 1 heterocycles. The van der Waals surface area contributed by atoms with Gasteiger partial charge in [-0.25, -0.2) is 8.42 Å². The van der Waals surface area contributed by atoms with Gasteiger partial charge in [-0.15, -0.1) is 0 Å². The topological polar surface area (TPSA) is 66.5 Å². The van der Waals surface area contributed by atoms with E-state index in [1.54, 1.807) is 16.4 Å². The van der Waals surface area contributed by atoms with Gasteiger partial charge in [0.25, 0.3) is 0 Å². The van der Waals surface area contributed by atoms with Gasteiger partial charge in [-0.3, -0.25) is 4.79 Å². The average molecular weight is 405 g/mol. The molecule has 6 heteroatoms. The molecule has 1 aliphatic heterocycles. The maximum absolute atomic E-state index is 12.8. The zero-order valence-electron chi connectivity index (χ0n) is 16.6. The van der Waals surface area contributed by atoms with Crippen LogP contribution >= 0.6 is 0 Å². The lowest BCUT2D eigenvalue weighted by molar-refractivity contribution is -0.122. The lowest BCUT2D eigenvalue weighted by Gasteiger charge is -2.20. The van der Waals surface area contributed by atoms with Gasteiger partial charge in [-0.2, -0.15) is 4.31 Å². The summed E-state index contributed by atoms with van der Waals surface area (Å²) in [5.74, 6) is 1.55. The molecule has 0 atom stereocenters. The zero-order valence-corrected chi connectivity index (χ0v) is 17.4. The van der Waals surface area contributed by atoms with Crippen LogP contribution in [-0.4, -0.2) is 37.8 Å². The Hall–Kier alpha value is -1.40. The van der Waals surface area contributed by atoms with Crippen LogP contribution < -0.4 is 5.32 Å². The van der Waals surface area contributed by atoms with E-state index in [0.717, 1.165) is 31.2 Å². The first kappa shape index (κ1) is 19.9. The fourth-order valence-electron chi connectivity index (χ4n) is 4.31. The molecule has 1 N–H and O–H groups in total. The van der Waals surface area contributed by atoms with E-state index >= 15 is 0 Å². The van der Waals surface area contributed by atoms with E-state index < -0.39 is 10.0 Å². The smallest absolute Gasteiger partial charge is 0.243 e. The quantitative estimate of drug-likeness (QED) is 0.721. The monoisotopic (exact) mass is 404 g/mol. The number of carbonyl (C=O) groups is 1.